The second-order valence-electron chi connectivity index (χ2n) is 5.84. The van der Waals surface area contributed by atoms with Crippen molar-refractivity contribution in [1.29, 1.82) is 0 Å². The number of anilines is 2. The number of nitrogens with one attached hydrogen (secondary N) is 2. The summed E-state index contributed by atoms with van der Waals surface area (Å²) < 4.78 is 13.7. The number of para-hydroxylation sites is 1. The number of aromatic nitrogens is 1. The van der Waals surface area contributed by atoms with E-state index in [-0.39, 0.29) is 17.8 Å². The van der Waals surface area contributed by atoms with Gasteiger partial charge in [0.15, 0.2) is 0 Å². The van der Waals surface area contributed by atoms with Crippen LogP contribution in [0, 0.1) is 5.82 Å². The van der Waals surface area contributed by atoms with Crippen molar-refractivity contribution in [3.05, 3.63) is 54.1 Å². The van der Waals surface area contributed by atoms with E-state index >= 15 is 0 Å². The Morgan fingerprint density at radius 3 is 2.70 bits per heavy atom. The fourth-order valence-electron chi connectivity index (χ4n) is 2.86. The van der Waals surface area contributed by atoms with Crippen molar-refractivity contribution in [1.82, 2.24) is 10.3 Å². The number of hydrogen-bond acceptors (Lipinski definition) is 3. The van der Waals surface area contributed by atoms with Crippen LogP contribution in [0.3, 0.4) is 0 Å². The maximum atomic E-state index is 13.7. The number of nitrogens with zero attached hydrogens (tertiary/aromatic N) is 1. The lowest BCUT2D eigenvalue weighted by Crippen LogP contribution is -2.36. The van der Waals surface area contributed by atoms with Gasteiger partial charge in [-0.3, -0.25) is 9.78 Å². The molecular weight excluding hydrogens is 293 g/mol. The smallest absolute Gasteiger partial charge is 0.270 e. The molecule has 1 amide bonds. The fraction of sp³-hybridized carbons (Fsp3) is 0.333. The first-order chi connectivity index (χ1) is 11.2. The average molecular weight is 313 g/mol. The van der Waals surface area contributed by atoms with Crippen molar-refractivity contribution in [2.24, 2.45) is 0 Å². The van der Waals surface area contributed by atoms with Gasteiger partial charge in [-0.05, 0) is 37.1 Å². The highest BCUT2D eigenvalue weighted by molar-refractivity contribution is 5.93. The van der Waals surface area contributed by atoms with Crippen LogP contribution >= 0.6 is 0 Å². The Balaban J connectivity index is 1.69. The minimum Gasteiger partial charge on any atom is -0.353 e. The molecule has 23 heavy (non-hydrogen) atoms. The quantitative estimate of drug-likeness (QED) is 0.896. The van der Waals surface area contributed by atoms with Crippen LogP contribution in [0.2, 0.25) is 0 Å². The van der Waals surface area contributed by atoms with Crippen molar-refractivity contribution in [3.8, 4) is 0 Å². The van der Waals surface area contributed by atoms with Gasteiger partial charge in [-0.15, -0.1) is 0 Å². The molecule has 1 aliphatic rings. The number of halogens is 1. The first-order valence-electron chi connectivity index (χ1n) is 8.01. The van der Waals surface area contributed by atoms with Gasteiger partial charge in [-0.1, -0.05) is 31.4 Å². The van der Waals surface area contributed by atoms with E-state index in [0.717, 1.165) is 25.7 Å². The van der Waals surface area contributed by atoms with Crippen LogP contribution in [0.5, 0.6) is 0 Å². The zero-order chi connectivity index (χ0) is 16.1. The van der Waals surface area contributed by atoms with Gasteiger partial charge in [0.2, 0.25) is 0 Å². The maximum absolute atomic E-state index is 13.7. The molecule has 2 N–H and O–H groups in total. The molecule has 1 saturated carbocycles. The topological polar surface area (TPSA) is 54.0 Å². The SMILES string of the molecule is O=C(NC1CCCCC1)c1cc(Nc2ccccc2F)ccn1. The Morgan fingerprint density at radius 1 is 1.13 bits per heavy atom. The lowest BCUT2D eigenvalue weighted by molar-refractivity contribution is 0.0922. The lowest BCUT2D eigenvalue weighted by atomic mass is 9.95. The summed E-state index contributed by atoms with van der Waals surface area (Å²) in [6.07, 6.45) is 7.17. The molecule has 1 fully saturated rings. The lowest BCUT2D eigenvalue weighted by Gasteiger charge is -2.22. The molecule has 0 spiro atoms. The summed E-state index contributed by atoms with van der Waals surface area (Å²) in [6.45, 7) is 0. The summed E-state index contributed by atoms with van der Waals surface area (Å²) in [5.74, 6) is -0.508. The van der Waals surface area contributed by atoms with Gasteiger partial charge >= 0.3 is 0 Å². The van der Waals surface area contributed by atoms with Crippen LogP contribution in [-0.2, 0) is 0 Å². The van der Waals surface area contributed by atoms with Crippen molar-refractivity contribution < 1.29 is 9.18 Å². The molecule has 5 heteroatoms. The van der Waals surface area contributed by atoms with Gasteiger partial charge in [-0.2, -0.15) is 0 Å². The van der Waals surface area contributed by atoms with Crippen LogP contribution in [0.25, 0.3) is 0 Å². The normalized spacial score (nSPS) is 15.2. The summed E-state index contributed by atoms with van der Waals surface area (Å²) in [5, 5.41) is 6.01. The molecule has 3 rings (SSSR count). The van der Waals surface area contributed by atoms with E-state index in [1.807, 2.05) is 0 Å². The van der Waals surface area contributed by atoms with E-state index in [1.165, 1.54) is 12.5 Å². The number of pyridine rings is 1. The third-order valence-electron chi connectivity index (χ3n) is 4.09. The third kappa shape index (κ3) is 4.06. The first-order valence-corrected chi connectivity index (χ1v) is 8.01. The molecule has 0 unspecified atom stereocenters. The molecular formula is C18H20FN3O. The molecule has 0 bridgehead atoms. The number of hydrogen-bond donors (Lipinski definition) is 2. The standard InChI is InChI=1S/C18H20FN3O/c19-15-8-4-5-9-16(15)21-14-10-11-20-17(12-14)18(23)22-13-6-2-1-3-7-13/h4-5,8-13H,1-3,6-7H2,(H,20,21)(H,22,23). The first kappa shape index (κ1) is 15.5. The molecule has 0 atom stereocenters. The second kappa shape index (κ2) is 7.22. The highest BCUT2D eigenvalue weighted by Crippen LogP contribution is 2.20. The van der Waals surface area contributed by atoms with Gasteiger partial charge in [0, 0.05) is 17.9 Å². The zero-order valence-electron chi connectivity index (χ0n) is 12.9. The summed E-state index contributed by atoms with van der Waals surface area (Å²) in [5.41, 5.74) is 1.35. The minimum absolute atomic E-state index is 0.172. The number of amides is 1. The summed E-state index contributed by atoms with van der Waals surface area (Å²) in [6, 6.07) is 10.0. The predicted octanol–water partition coefficient (Wildman–Crippen LogP) is 4.03. The molecule has 4 nitrogen and oxygen atoms in total. The third-order valence-corrected chi connectivity index (χ3v) is 4.09. The number of rotatable bonds is 4. The Bertz CT molecular complexity index is 683. The minimum atomic E-state index is -0.336. The molecule has 0 aliphatic heterocycles. The van der Waals surface area contributed by atoms with Crippen molar-refractivity contribution in [3.63, 3.8) is 0 Å². The highest BCUT2D eigenvalue weighted by atomic mass is 19.1. The van der Waals surface area contributed by atoms with E-state index in [0.29, 0.717) is 17.1 Å². The van der Waals surface area contributed by atoms with E-state index in [2.05, 4.69) is 15.6 Å². The van der Waals surface area contributed by atoms with Gasteiger partial charge in [0.25, 0.3) is 5.91 Å². The molecule has 1 heterocycles. The van der Waals surface area contributed by atoms with Gasteiger partial charge in [0.05, 0.1) is 5.69 Å². The Hall–Kier alpha value is -2.43. The number of benzene rings is 1. The van der Waals surface area contributed by atoms with Crippen LogP contribution < -0.4 is 10.6 Å². The average Bonchev–Trinajstić information content (AvgIpc) is 2.58. The molecule has 120 valence electrons. The molecule has 1 aliphatic carbocycles. The van der Waals surface area contributed by atoms with Gasteiger partial charge in [0.1, 0.15) is 11.5 Å². The summed E-state index contributed by atoms with van der Waals surface area (Å²) in [7, 11) is 0. The van der Waals surface area contributed by atoms with E-state index in [1.54, 1.807) is 36.5 Å². The van der Waals surface area contributed by atoms with E-state index < -0.39 is 0 Å². The second-order valence-corrected chi connectivity index (χ2v) is 5.84. The van der Waals surface area contributed by atoms with Crippen LogP contribution in [0.15, 0.2) is 42.6 Å². The van der Waals surface area contributed by atoms with Crippen LogP contribution in [0.1, 0.15) is 42.6 Å². The molecule has 1 aromatic heterocycles. The van der Waals surface area contributed by atoms with Crippen LogP contribution in [0.4, 0.5) is 15.8 Å². The Labute approximate surface area is 135 Å². The van der Waals surface area contributed by atoms with E-state index in [4.69, 9.17) is 0 Å². The van der Waals surface area contributed by atoms with Crippen LogP contribution in [-0.4, -0.2) is 16.9 Å². The highest BCUT2D eigenvalue weighted by Gasteiger charge is 2.17. The summed E-state index contributed by atoms with van der Waals surface area (Å²) >= 11 is 0. The summed E-state index contributed by atoms with van der Waals surface area (Å²) in [4.78, 5) is 16.4. The molecule has 2 aromatic rings. The number of carbonyl (C=O) groups excluding carboxylic acids is 1. The van der Waals surface area contributed by atoms with Crippen molar-refractivity contribution >= 4 is 17.3 Å². The predicted molar refractivity (Wildman–Crippen MR) is 88.3 cm³/mol. The monoisotopic (exact) mass is 313 g/mol. The van der Waals surface area contributed by atoms with Gasteiger partial charge < -0.3 is 10.6 Å². The molecule has 1 aromatic carbocycles. The van der Waals surface area contributed by atoms with Gasteiger partial charge in [-0.25, -0.2) is 4.39 Å². The van der Waals surface area contributed by atoms with E-state index in [9.17, 15) is 9.18 Å². The Kier molecular flexibility index (Phi) is 4.86. The van der Waals surface area contributed by atoms with Crippen molar-refractivity contribution in [2.45, 2.75) is 38.1 Å². The molecule has 0 saturated heterocycles. The number of carbonyl (C=O) groups is 1. The van der Waals surface area contributed by atoms with Crippen molar-refractivity contribution in [2.75, 3.05) is 5.32 Å². The fourth-order valence-corrected chi connectivity index (χ4v) is 2.86. The zero-order valence-corrected chi connectivity index (χ0v) is 12.9. The largest absolute Gasteiger partial charge is 0.353 e. The maximum Gasteiger partial charge on any atom is 0.270 e. The Morgan fingerprint density at radius 2 is 1.91 bits per heavy atom. The molecule has 0 radical (unpaired) electrons.